The third-order valence-corrected chi connectivity index (χ3v) is 2.59. The molecule has 0 atom stereocenters. The minimum absolute atomic E-state index is 0.0552. The Kier molecular flexibility index (Phi) is 3.09. The van der Waals surface area contributed by atoms with Gasteiger partial charge in [-0.2, -0.15) is 5.10 Å². The first-order chi connectivity index (χ1) is 7.65. The molecule has 0 radical (unpaired) electrons. The third kappa shape index (κ3) is 2.52. The zero-order chi connectivity index (χ0) is 11.5. The van der Waals surface area contributed by atoms with E-state index in [2.05, 4.69) is 21.0 Å². The number of rotatable bonds is 3. The van der Waals surface area contributed by atoms with Crippen LogP contribution in [0.5, 0.6) is 0 Å². The number of pyridine rings is 1. The summed E-state index contributed by atoms with van der Waals surface area (Å²) >= 11 is 3.31. The van der Waals surface area contributed by atoms with Gasteiger partial charge in [0, 0.05) is 30.7 Å². The van der Waals surface area contributed by atoms with Crippen LogP contribution in [0.2, 0.25) is 0 Å². The summed E-state index contributed by atoms with van der Waals surface area (Å²) in [4.78, 5) is 11.5. The van der Waals surface area contributed by atoms with Crippen molar-refractivity contribution in [2.45, 2.75) is 13.1 Å². The van der Waals surface area contributed by atoms with E-state index in [4.69, 9.17) is 5.73 Å². The van der Waals surface area contributed by atoms with Gasteiger partial charge in [-0.05, 0) is 22.0 Å². The molecule has 0 aromatic carbocycles. The molecule has 16 heavy (non-hydrogen) atoms. The van der Waals surface area contributed by atoms with E-state index in [1.807, 2.05) is 6.20 Å². The quantitative estimate of drug-likeness (QED) is 0.917. The molecule has 6 heteroatoms. The highest BCUT2D eigenvalue weighted by Gasteiger charge is 1.98. The number of nitrogen functional groups attached to an aromatic ring is 1. The molecule has 2 heterocycles. The van der Waals surface area contributed by atoms with Gasteiger partial charge in [-0.1, -0.05) is 0 Å². The van der Waals surface area contributed by atoms with Gasteiger partial charge in [-0.15, -0.1) is 0 Å². The summed E-state index contributed by atoms with van der Waals surface area (Å²) in [7, 11) is 0. The van der Waals surface area contributed by atoms with Gasteiger partial charge in [0.2, 0.25) is 0 Å². The second kappa shape index (κ2) is 4.52. The summed E-state index contributed by atoms with van der Waals surface area (Å²) in [5.41, 5.74) is 6.14. The van der Waals surface area contributed by atoms with E-state index in [1.165, 1.54) is 6.07 Å². The van der Waals surface area contributed by atoms with Crippen LogP contribution >= 0.6 is 15.9 Å². The topological polar surface area (TPSA) is 65.8 Å². The summed E-state index contributed by atoms with van der Waals surface area (Å²) in [6, 6.07) is 3.07. The molecule has 0 amide bonds. The number of hydrogen-bond donors (Lipinski definition) is 1. The van der Waals surface area contributed by atoms with E-state index < -0.39 is 0 Å². The van der Waals surface area contributed by atoms with Gasteiger partial charge in [0.25, 0.3) is 5.56 Å². The molecule has 0 bridgehead atoms. The first-order valence-electron chi connectivity index (χ1n) is 4.79. The van der Waals surface area contributed by atoms with Crippen LogP contribution in [-0.4, -0.2) is 14.3 Å². The van der Waals surface area contributed by atoms with E-state index >= 15 is 0 Å². The number of anilines is 1. The zero-order valence-corrected chi connectivity index (χ0v) is 10.1. The Morgan fingerprint density at radius 3 is 2.81 bits per heavy atom. The Balaban J connectivity index is 2.10. The maximum atomic E-state index is 11.5. The van der Waals surface area contributed by atoms with E-state index in [1.54, 1.807) is 27.7 Å². The van der Waals surface area contributed by atoms with Crippen molar-refractivity contribution in [3.63, 3.8) is 0 Å². The number of hydrogen-bond acceptors (Lipinski definition) is 3. The molecule has 2 rings (SSSR count). The minimum Gasteiger partial charge on any atom is -0.398 e. The van der Waals surface area contributed by atoms with E-state index in [9.17, 15) is 4.79 Å². The number of halogens is 1. The molecule has 2 aromatic rings. The second-order valence-corrected chi connectivity index (χ2v) is 4.33. The summed E-state index contributed by atoms with van der Waals surface area (Å²) in [5, 5.41) is 4.11. The molecule has 0 fully saturated rings. The first-order valence-corrected chi connectivity index (χ1v) is 5.58. The fourth-order valence-electron chi connectivity index (χ4n) is 1.40. The predicted molar refractivity (Wildman–Crippen MR) is 65.0 cm³/mol. The highest BCUT2D eigenvalue weighted by atomic mass is 79.9. The molecule has 2 aromatic heterocycles. The maximum Gasteiger partial charge on any atom is 0.250 e. The molecule has 0 aliphatic heterocycles. The van der Waals surface area contributed by atoms with Crippen molar-refractivity contribution in [1.82, 2.24) is 14.3 Å². The van der Waals surface area contributed by atoms with Crippen molar-refractivity contribution >= 4 is 21.6 Å². The maximum absolute atomic E-state index is 11.5. The van der Waals surface area contributed by atoms with Crippen molar-refractivity contribution in [1.29, 1.82) is 0 Å². The lowest BCUT2D eigenvalue weighted by Crippen LogP contribution is -2.21. The van der Waals surface area contributed by atoms with Gasteiger partial charge in [0.1, 0.15) is 0 Å². The van der Waals surface area contributed by atoms with Crippen LogP contribution in [0.15, 0.2) is 40.0 Å². The van der Waals surface area contributed by atoms with Gasteiger partial charge >= 0.3 is 0 Å². The number of nitrogens with zero attached hydrogens (tertiary/aromatic N) is 3. The average Bonchev–Trinajstić information content (AvgIpc) is 2.66. The van der Waals surface area contributed by atoms with Gasteiger partial charge in [0.05, 0.1) is 17.2 Å². The fraction of sp³-hybridized carbons (Fsp3) is 0.200. The van der Waals surface area contributed by atoms with Gasteiger partial charge < -0.3 is 10.3 Å². The lowest BCUT2D eigenvalue weighted by Gasteiger charge is -2.06. The molecule has 0 aliphatic carbocycles. The second-order valence-electron chi connectivity index (χ2n) is 3.42. The number of aryl methyl sites for hydroxylation is 2. The Morgan fingerprint density at radius 2 is 2.12 bits per heavy atom. The molecular weight excluding hydrogens is 272 g/mol. The molecule has 0 spiro atoms. The number of nitrogens with two attached hydrogens (primary N) is 1. The van der Waals surface area contributed by atoms with Crippen LogP contribution in [0.1, 0.15) is 0 Å². The summed E-state index contributed by atoms with van der Waals surface area (Å²) < 4.78 is 4.26. The molecule has 0 saturated heterocycles. The Morgan fingerprint density at radius 1 is 1.31 bits per heavy atom. The van der Waals surface area contributed by atoms with Crippen LogP contribution in [0, 0.1) is 0 Å². The Labute approximate surface area is 101 Å². The highest BCUT2D eigenvalue weighted by Crippen LogP contribution is 2.06. The van der Waals surface area contributed by atoms with Crippen molar-refractivity contribution < 1.29 is 0 Å². The van der Waals surface area contributed by atoms with Crippen LogP contribution in [0.3, 0.4) is 0 Å². The van der Waals surface area contributed by atoms with Crippen LogP contribution < -0.4 is 11.3 Å². The SMILES string of the molecule is Nc1ccc(=O)n(CCn2cc(Br)cn2)c1. The van der Waals surface area contributed by atoms with Gasteiger partial charge in [0.15, 0.2) is 0 Å². The summed E-state index contributed by atoms with van der Waals surface area (Å²) in [6.07, 6.45) is 5.21. The molecular formula is C10H11BrN4O. The normalized spacial score (nSPS) is 10.6. The zero-order valence-electron chi connectivity index (χ0n) is 8.51. The van der Waals surface area contributed by atoms with Crippen LogP contribution in [0.4, 0.5) is 5.69 Å². The van der Waals surface area contributed by atoms with Crippen molar-refractivity contribution in [2.24, 2.45) is 0 Å². The van der Waals surface area contributed by atoms with E-state index in [0.717, 1.165) is 4.47 Å². The molecule has 84 valence electrons. The smallest absolute Gasteiger partial charge is 0.250 e. The number of aromatic nitrogens is 3. The molecule has 0 saturated carbocycles. The molecule has 2 N–H and O–H groups in total. The Bertz CT molecular complexity index is 546. The monoisotopic (exact) mass is 282 g/mol. The fourth-order valence-corrected chi connectivity index (χ4v) is 1.72. The van der Waals surface area contributed by atoms with Gasteiger partial charge in [-0.3, -0.25) is 9.48 Å². The molecule has 5 nitrogen and oxygen atoms in total. The average molecular weight is 283 g/mol. The van der Waals surface area contributed by atoms with Crippen molar-refractivity contribution in [2.75, 3.05) is 5.73 Å². The van der Waals surface area contributed by atoms with E-state index in [0.29, 0.717) is 18.8 Å². The van der Waals surface area contributed by atoms with Crippen molar-refractivity contribution in [3.05, 3.63) is 45.5 Å². The third-order valence-electron chi connectivity index (χ3n) is 2.18. The van der Waals surface area contributed by atoms with Crippen LogP contribution in [0.25, 0.3) is 0 Å². The lowest BCUT2D eigenvalue weighted by atomic mass is 10.4. The Hall–Kier alpha value is -1.56. The van der Waals surface area contributed by atoms with Gasteiger partial charge in [-0.25, -0.2) is 0 Å². The highest BCUT2D eigenvalue weighted by molar-refractivity contribution is 9.10. The summed E-state index contributed by atoms with van der Waals surface area (Å²) in [5.74, 6) is 0. The largest absolute Gasteiger partial charge is 0.398 e. The lowest BCUT2D eigenvalue weighted by molar-refractivity contribution is 0.524. The molecule has 0 aliphatic rings. The van der Waals surface area contributed by atoms with Crippen LogP contribution in [-0.2, 0) is 13.1 Å². The predicted octanol–water partition coefficient (Wildman–Crippen LogP) is 1.09. The van der Waals surface area contributed by atoms with Crippen molar-refractivity contribution in [3.8, 4) is 0 Å². The van der Waals surface area contributed by atoms with E-state index in [-0.39, 0.29) is 5.56 Å². The minimum atomic E-state index is -0.0552. The molecule has 0 unspecified atom stereocenters. The first kappa shape index (κ1) is 10.9. The standard InChI is InChI=1S/C10H11BrN4O/c11-8-5-13-15(6-8)4-3-14-7-9(12)1-2-10(14)16/h1-2,5-7H,3-4,12H2. The summed E-state index contributed by atoms with van der Waals surface area (Å²) in [6.45, 7) is 1.19.